The molecule has 1 saturated heterocycles. The smallest absolute Gasteiger partial charge is 0.261 e. The number of ether oxygens (including phenoxy) is 1. The number of benzene rings is 1. The summed E-state index contributed by atoms with van der Waals surface area (Å²) in [6.45, 7) is 9.48. The van der Waals surface area contributed by atoms with Gasteiger partial charge in [-0.15, -0.1) is 11.8 Å². The summed E-state index contributed by atoms with van der Waals surface area (Å²) in [6.07, 6.45) is 0. The first-order valence-electron chi connectivity index (χ1n) is 8.86. The standard InChI is InChI=1S/C19H28N2O3S/c1-5-20(6-2)19(23)17-12-25-13-21(17)18(22)11-24-16-9-7-15(8-10-16)14(3)4/h7-10,14,17H,5-6,11-13H2,1-4H3/t17-/m1/s1. The maximum absolute atomic E-state index is 12.6. The lowest BCUT2D eigenvalue weighted by atomic mass is 10.0. The number of thioether (sulfide) groups is 1. The van der Waals surface area contributed by atoms with E-state index in [1.165, 1.54) is 5.56 Å². The van der Waals surface area contributed by atoms with Crippen LogP contribution < -0.4 is 4.74 Å². The summed E-state index contributed by atoms with van der Waals surface area (Å²) in [4.78, 5) is 28.5. The largest absolute Gasteiger partial charge is 0.484 e. The van der Waals surface area contributed by atoms with Crippen LogP contribution in [0.1, 0.15) is 39.2 Å². The van der Waals surface area contributed by atoms with Gasteiger partial charge in [0.2, 0.25) is 5.91 Å². The van der Waals surface area contributed by atoms with Crippen molar-refractivity contribution in [2.75, 3.05) is 31.3 Å². The Kier molecular flexibility index (Phi) is 7.17. The zero-order valence-corrected chi connectivity index (χ0v) is 16.3. The Morgan fingerprint density at radius 1 is 1.24 bits per heavy atom. The van der Waals surface area contributed by atoms with Gasteiger partial charge in [-0.25, -0.2) is 0 Å². The Morgan fingerprint density at radius 3 is 2.44 bits per heavy atom. The predicted octanol–water partition coefficient (Wildman–Crippen LogP) is 2.96. The minimum absolute atomic E-state index is 0.0321. The monoisotopic (exact) mass is 364 g/mol. The Bertz CT molecular complexity index is 585. The van der Waals surface area contributed by atoms with E-state index >= 15 is 0 Å². The molecule has 0 bridgehead atoms. The average molecular weight is 365 g/mol. The summed E-state index contributed by atoms with van der Waals surface area (Å²) in [5, 5.41) is 0. The Morgan fingerprint density at radius 2 is 1.88 bits per heavy atom. The molecule has 0 spiro atoms. The molecule has 1 aliphatic heterocycles. The van der Waals surface area contributed by atoms with Gasteiger partial charge >= 0.3 is 0 Å². The van der Waals surface area contributed by atoms with Crippen molar-refractivity contribution in [2.45, 2.75) is 39.7 Å². The molecule has 1 fully saturated rings. The zero-order chi connectivity index (χ0) is 18.4. The number of carbonyl (C=O) groups is 2. The molecule has 0 aliphatic carbocycles. The van der Waals surface area contributed by atoms with E-state index in [2.05, 4.69) is 13.8 Å². The third kappa shape index (κ3) is 4.91. The highest BCUT2D eigenvalue weighted by Gasteiger charge is 2.36. The van der Waals surface area contributed by atoms with E-state index in [4.69, 9.17) is 4.74 Å². The van der Waals surface area contributed by atoms with Gasteiger partial charge in [-0.2, -0.15) is 0 Å². The van der Waals surface area contributed by atoms with Crippen LogP contribution in [0, 0.1) is 0 Å². The second kappa shape index (κ2) is 9.13. The van der Waals surface area contributed by atoms with Crippen molar-refractivity contribution >= 4 is 23.6 Å². The lowest BCUT2D eigenvalue weighted by Gasteiger charge is -2.28. The Labute approximate surface area is 154 Å². The first-order chi connectivity index (χ1) is 12.0. The fraction of sp³-hybridized carbons (Fsp3) is 0.579. The molecule has 0 radical (unpaired) electrons. The van der Waals surface area contributed by atoms with Crippen LogP contribution in [0.15, 0.2) is 24.3 Å². The number of amides is 2. The van der Waals surface area contributed by atoms with Crippen LogP contribution in [0.25, 0.3) is 0 Å². The van der Waals surface area contributed by atoms with Crippen LogP contribution in [-0.2, 0) is 9.59 Å². The molecule has 6 heteroatoms. The van der Waals surface area contributed by atoms with E-state index < -0.39 is 0 Å². The van der Waals surface area contributed by atoms with E-state index in [9.17, 15) is 9.59 Å². The quantitative estimate of drug-likeness (QED) is 0.746. The second-order valence-electron chi connectivity index (χ2n) is 6.40. The molecule has 2 amide bonds. The highest BCUT2D eigenvalue weighted by atomic mass is 32.2. The van der Waals surface area contributed by atoms with Crippen molar-refractivity contribution in [3.05, 3.63) is 29.8 Å². The molecular weight excluding hydrogens is 336 g/mol. The van der Waals surface area contributed by atoms with Crippen molar-refractivity contribution < 1.29 is 14.3 Å². The molecule has 5 nitrogen and oxygen atoms in total. The van der Waals surface area contributed by atoms with Crippen LogP contribution in [-0.4, -0.2) is 59.0 Å². The maximum atomic E-state index is 12.6. The van der Waals surface area contributed by atoms with Gasteiger partial charge in [0.1, 0.15) is 11.8 Å². The normalized spacial score (nSPS) is 17.0. The molecule has 0 N–H and O–H groups in total. The van der Waals surface area contributed by atoms with Gasteiger partial charge < -0.3 is 14.5 Å². The number of likely N-dealkylation sites (N-methyl/N-ethyl adjacent to an activating group) is 1. The SMILES string of the molecule is CCN(CC)C(=O)[C@H]1CSCN1C(=O)COc1ccc(C(C)C)cc1. The Balaban J connectivity index is 1.94. The highest BCUT2D eigenvalue weighted by molar-refractivity contribution is 7.99. The number of hydrogen-bond acceptors (Lipinski definition) is 4. The Hall–Kier alpha value is -1.69. The molecular formula is C19H28N2O3S. The molecule has 1 atom stereocenters. The molecule has 0 saturated carbocycles. The fourth-order valence-corrected chi connectivity index (χ4v) is 3.99. The molecule has 1 heterocycles. The highest BCUT2D eigenvalue weighted by Crippen LogP contribution is 2.23. The molecule has 138 valence electrons. The van der Waals surface area contributed by atoms with Gasteiger partial charge in [-0.05, 0) is 37.5 Å². The zero-order valence-electron chi connectivity index (χ0n) is 15.5. The number of hydrogen-bond donors (Lipinski definition) is 0. The summed E-state index contributed by atoms with van der Waals surface area (Å²) < 4.78 is 5.63. The second-order valence-corrected chi connectivity index (χ2v) is 7.40. The molecule has 1 aliphatic rings. The van der Waals surface area contributed by atoms with Gasteiger partial charge in [0.15, 0.2) is 6.61 Å². The molecule has 2 rings (SSSR count). The minimum atomic E-state index is -0.371. The predicted molar refractivity (Wildman–Crippen MR) is 102 cm³/mol. The van der Waals surface area contributed by atoms with Crippen LogP contribution >= 0.6 is 11.8 Å². The minimum Gasteiger partial charge on any atom is -0.484 e. The first-order valence-corrected chi connectivity index (χ1v) is 10.0. The van der Waals surface area contributed by atoms with Crippen LogP contribution in [0.3, 0.4) is 0 Å². The summed E-state index contributed by atoms with van der Waals surface area (Å²) in [5.41, 5.74) is 1.24. The van der Waals surface area contributed by atoms with E-state index in [-0.39, 0.29) is 24.5 Å². The van der Waals surface area contributed by atoms with Crippen molar-refractivity contribution in [2.24, 2.45) is 0 Å². The first kappa shape index (κ1) is 19.6. The number of carbonyl (C=O) groups excluding carboxylic acids is 2. The van der Waals surface area contributed by atoms with Gasteiger partial charge in [0, 0.05) is 18.8 Å². The van der Waals surface area contributed by atoms with Crippen LogP contribution in [0.4, 0.5) is 0 Å². The lowest BCUT2D eigenvalue weighted by molar-refractivity contribution is -0.144. The third-order valence-electron chi connectivity index (χ3n) is 4.47. The van der Waals surface area contributed by atoms with Gasteiger partial charge in [-0.3, -0.25) is 9.59 Å². The van der Waals surface area contributed by atoms with Crippen molar-refractivity contribution in [3.8, 4) is 5.75 Å². The molecule has 0 aromatic heterocycles. The fourth-order valence-electron chi connectivity index (χ4n) is 2.82. The van der Waals surface area contributed by atoms with E-state index in [1.807, 2.05) is 38.1 Å². The van der Waals surface area contributed by atoms with Crippen molar-refractivity contribution in [1.29, 1.82) is 0 Å². The van der Waals surface area contributed by atoms with E-state index in [1.54, 1.807) is 21.6 Å². The van der Waals surface area contributed by atoms with Crippen molar-refractivity contribution in [3.63, 3.8) is 0 Å². The van der Waals surface area contributed by atoms with Crippen molar-refractivity contribution in [1.82, 2.24) is 9.80 Å². The molecule has 25 heavy (non-hydrogen) atoms. The van der Waals surface area contributed by atoms with Crippen LogP contribution in [0.2, 0.25) is 0 Å². The average Bonchev–Trinajstić information content (AvgIpc) is 3.10. The maximum Gasteiger partial charge on any atom is 0.261 e. The van der Waals surface area contributed by atoms with Gasteiger partial charge in [-0.1, -0.05) is 26.0 Å². The van der Waals surface area contributed by atoms with E-state index in [0.717, 1.165) is 0 Å². The summed E-state index contributed by atoms with van der Waals surface area (Å²) in [7, 11) is 0. The lowest BCUT2D eigenvalue weighted by Crippen LogP contribution is -2.50. The summed E-state index contributed by atoms with van der Waals surface area (Å²) in [5.74, 6) is 2.24. The van der Waals surface area contributed by atoms with Crippen LogP contribution in [0.5, 0.6) is 5.75 Å². The molecule has 1 aromatic carbocycles. The molecule has 0 unspecified atom stereocenters. The number of nitrogens with zero attached hydrogens (tertiary/aromatic N) is 2. The molecule has 1 aromatic rings. The third-order valence-corrected chi connectivity index (χ3v) is 5.48. The van der Waals surface area contributed by atoms with Gasteiger partial charge in [0.25, 0.3) is 5.91 Å². The van der Waals surface area contributed by atoms with E-state index in [0.29, 0.717) is 36.4 Å². The number of rotatable bonds is 7. The summed E-state index contributed by atoms with van der Waals surface area (Å²) >= 11 is 1.61. The van der Waals surface area contributed by atoms with Gasteiger partial charge in [0.05, 0.1) is 5.88 Å². The summed E-state index contributed by atoms with van der Waals surface area (Å²) in [6, 6.07) is 7.44. The topological polar surface area (TPSA) is 49.9 Å².